The van der Waals surface area contributed by atoms with Crippen LogP contribution in [-0.4, -0.2) is 60.2 Å². The maximum Gasteiger partial charge on any atom is 0.132 e. The number of hydrogen-bond donors (Lipinski definition) is 0. The van der Waals surface area contributed by atoms with Crippen molar-refractivity contribution in [2.75, 3.05) is 49.1 Å². The maximum absolute atomic E-state index is 4.49. The highest BCUT2D eigenvalue weighted by Crippen LogP contribution is 2.24. The average molecular weight is 366 g/mol. The molecule has 0 amide bonds. The second-order valence-corrected chi connectivity index (χ2v) is 7.80. The highest BCUT2D eigenvalue weighted by Gasteiger charge is 2.28. The molecule has 1 aromatic carbocycles. The van der Waals surface area contributed by atoms with E-state index in [0.717, 1.165) is 50.2 Å². The number of aryl methyl sites for hydroxylation is 2. The van der Waals surface area contributed by atoms with Gasteiger partial charge in [0, 0.05) is 62.8 Å². The van der Waals surface area contributed by atoms with Gasteiger partial charge in [0.05, 0.1) is 0 Å². The number of piperidine rings is 1. The smallest absolute Gasteiger partial charge is 0.132 e. The van der Waals surface area contributed by atoms with E-state index in [1.54, 1.807) is 6.33 Å². The quantitative estimate of drug-likeness (QED) is 0.832. The lowest BCUT2D eigenvalue weighted by Crippen LogP contribution is -2.53. The molecule has 2 aliphatic heterocycles. The van der Waals surface area contributed by atoms with Crippen LogP contribution in [0.1, 0.15) is 31.0 Å². The molecule has 2 saturated heterocycles. The molecule has 5 nitrogen and oxygen atoms in total. The van der Waals surface area contributed by atoms with Gasteiger partial charge in [0.15, 0.2) is 0 Å². The van der Waals surface area contributed by atoms with Crippen molar-refractivity contribution in [3.05, 3.63) is 47.9 Å². The molecule has 144 valence electrons. The monoisotopic (exact) mass is 365 g/mol. The molecule has 5 heteroatoms. The summed E-state index contributed by atoms with van der Waals surface area (Å²) in [6.45, 7) is 11.0. The zero-order chi connectivity index (χ0) is 18.6. The van der Waals surface area contributed by atoms with E-state index in [9.17, 15) is 0 Å². The van der Waals surface area contributed by atoms with Crippen molar-refractivity contribution >= 4 is 11.5 Å². The predicted octanol–water partition coefficient (Wildman–Crippen LogP) is 3.14. The zero-order valence-electron chi connectivity index (χ0n) is 16.6. The molecule has 0 unspecified atom stereocenters. The Morgan fingerprint density at radius 2 is 1.59 bits per heavy atom. The first kappa shape index (κ1) is 18.2. The number of benzene rings is 1. The summed E-state index contributed by atoms with van der Waals surface area (Å²) in [6.07, 6.45) is 5.21. The SMILES string of the molecule is CCc1cc(N2CCN(C3CCN(c4ccc(C)cc4)CC3)CC2)ncn1. The van der Waals surface area contributed by atoms with E-state index < -0.39 is 0 Å². The Bertz CT molecular complexity index is 729. The Hall–Kier alpha value is -2.14. The molecule has 3 heterocycles. The van der Waals surface area contributed by atoms with Crippen LogP contribution in [0.15, 0.2) is 36.7 Å². The molecule has 1 aromatic heterocycles. The maximum atomic E-state index is 4.49. The fourth-order valence-corrected chi connectivity index (χ4v) is 4.31. The van der Waals surface area contributed by atoms with Crippen molar-refractivity contribution in [2.45, 2.75) is 39.2 Å². The first-order chi connectivity index (χ1) is 13.2. The molecule has 0 N–H and O–H groups in total. The van der Waals surface area contributed by atoms with Crippen LogP contribution < -0.4 is 9.80 Å². The summed E-state index contributed by atoms with van der Waals surface area (Å²) < 4.78 is 0. The standard InChI is InChI=1S/C22H31N5/c1-3-19-16-22(24-17-23-19)27-14-12-26(13-15-27)21-8-10-25(11-9-21)20-6-4-18(2)5-7-20/h4-7,16-17,21H,3,8-15H2,1-2H3. The number of nitrogens with zero attached hydrogens (tertiary/aromatic N) is 5. The number of rotatable bonds is 4. The summed E-state index contributed by atoms with van der Waals surface area (Å²) in [6, 6.07) is 11.8. The van der Waals surface area contributed by atoms with Gasteiger partial charge in [0.25, 0.3) is 0 Å². The normalized spacial score (nSPS) is 19.5. The molecular formula is C22H31N5. The summed E-state index contributed by atoms with van der Waals surface area (Å²) in [5.74, 6) is 1.09. The first-order valence-corrected chi connectivity index (χ1v) is 10.3. The second-order valence-electron chi connectivity index (χ2n) is 7.80. The average Bonchev–Trinajstić information content (AvgIpc) is 2.75. The van der Waals surface area contributed by atoms with Crippen LogP contribution in [0, 0.1) is 6.92 Å². The fraction of sp³-hybridized carbons (Fsp3) is 0.545. The van der Waals surface area contributed by atoms with Crippen molar-refractivity contribution in [1.29, 1.82) is 0 Å². The van der Waals surface area contributed by atoms with Gasteiger partial charge >= 0.3 is 0 Å². The number of hydrogen-bond acceptors (Lipinski definition) is 5. The lowest BCUT2D eigenvalue weighted by molar-refractivity contribution is 0.159. The van der Waals surface area contributed by atoms with Gasteiger partial charge in [-0.15, -0.1) is 0 Å². The third-order valence-electron chi connectivity index (χ3n) is 6.09. The summed E-state index contributed by atoms with van der Waals surface area (Å²) in [4.78, 5) is 16.5. The zero-order valence-corrected chi connectivity index (χ0v) is 16.6. The summed E-state index contributed by atoms with van der Waals surface area (Å²) in [5, 5.41) is 0. The van der Waals surface area contributed by atoms with Crippen molar-refractivity contribution in [1.82, 2.24) is 14.9 Å². The van der Waals surface area contributed by atoms with E-state index >= 15 is 0 Å². The van der Waals surface area contributed by atoms with Crippen LogP contribution in [-0.2, 0) is 6.42 Å². The number of piperazine rings is 1. The van der Waals surface area contributed by atoms with Crippen LogP contribution >= 0.6 is 0 Å². The van der Waals surface area contributed by atoms with Gasteiger partial charge in [-0.2, -0.15) is 0 Å². The van der Waals surface area contributed by atoms with Crippen LogP contribution in [0.4, 0.5) is 11.5 Å². The third-order valence-corrected chi connectivity index (χ3v) is 6.09. The molecule has 2 aliphatic rings. The van der Waals surface area contributed by atoms with Crippen molar-refractivity contribution in [3.63, 3.8) is 0 Å². The third kappa shape index (κ3) is 4.24. The van der Waals surface area contributed by atoms with Gasteiger partial charge in [-0.05, 0) is 38.3 Å². The molecule has 0 saturated carbocycles. The Kier molecular flexibility index (Phi) is 5.58. The topological polar surface area (TPSA) is 35.5 Å². The van der Waals surface area contributed by atoms with E-state index in [1.165, 1.54) is 37.2 Å². The lowest BCUT2D eigenvalue weighted by atomic mass is 10.0. The number of anilines is 2. The Balaban J connectivity index is 1.28. The summed E-state index contributed by atoms with van der Waals surface area (Å²) in [7, 11) is 0. The molecule has 4 rings (SSSR count). The number of aromatic nitrogens is 2. The van der Waals surface area contributed by atoms with Crippen molar-refractivity contribution < 1.29 is 0 Å². The van der Waals surface area contributed by atoms with Crippen molar-refractivity contribution in [2.24, 2.45) is 0 Å². The highest BCUT2D eigenvalue weighted by molar-refractivity contribution is 5.48. The van der Waals surface area contributed by atoms with Gasteiger partial charge in [0.1, 0.15) is 12.1 Å². The van der Waals surface area contributed by atoms with Gasteiger partial charge in [-0.25, -0.2) is 9.97 Å². The summed E-state index contributed by atoms with van der Waals surface area (Å²) >= 11 is 0. The fourth-order valence-electron chi connectivity index (χ4n) is 4.31. The van der Waals surface area contributed by atoms with Crippen LogP contribution in [0.3, 0.4) is 0 Å². The molecule has 0 radical (unpaired) electrons. The van der Waals surface area contributed by atoms with Crippen LogP contribution in [0.5, 0.6) is 0 Å². The Morgan fingerprint density at radius 3 is 2.26 bits per heavy atom. The molecule has 0 spiro atoms. The Morgan fingerprint density at radius 1 is 0.889 bits per heavy atom. The first-order valence-electron chi connectivity index (χ1n) is 10.3. The predicted molar refractivity (Wildman–Crippen MR) is 112 cm³/mol. The van der Waals surface area contributed by atoms with Crippen molar-refractivity contribution in [3.8, 4) is 0 Å². The molecule has 2 aromatic rings. The van der Waals surface area contributed by atoms with Crippen LogP contribution in [0.2, 0.25) is 0 Å². The van der Waals surface area contributed by atoms with Gasteiger partial charge in [-0.3, -0.25) is 4.90 Å². The van der Waals surface area contributed by atoms with Gasteiger partial charge < -0.3 is 9.80 Å². The molecule has 0 aliphatic carbocycles. The minimum absolute atomic E-state index is 0.727. The minimum atomic E-state index is 0.727. The summed E-state index contributed by atoms with van der Waals surface area (Å²) in [5.41, 5.74) is 3.84. The largest absolute Gasteiger partial charge is 0.371 e. The van der Waals surface area contributed by atoms with E-state index in [2.05, 4.69) is 68.8 Å². The van der Waals surface area contributed by atoms with E-state index in [4.69, 9.17) is 0 Å². The molecular weight excluding hydrogens is 334 g/mol. The molecule has 0 bridgehead atoms. The van der Waals surface area contributed by atoms with Gasteiger partial charge in [0.2, 0.25) is 0 Å². The Labute approximate surface area is 163 Å². The highest BCUT2D eigenvalue weighted by atomic mass is 15.3. The molecule has 27 heavy (non-hydrogen) atoms. The van der Waals surface area contributed by atoms with E-state index in [0.29, 0.717) is 0 Å². The van der Waals surface area contributed by atoms with Gasteiger partial charge in [-0.1, -0.05) is 24.6 Å². The van der Waals surface area contributed by atoms with Crippen LogP contribution in [0.25, 0.3) is 0 Å². The molecule has 2 fully saturated rings. The second kappa shape index (κ2) is 8.26. The minimum Gasteiger partial charge on any atom is -0.371 e. The van der Waals surface area contributed by atoms with E-state index in [1.807, 2.05) is 0 Å². The molecule has 0 atom stereocenters. The van der Waals surface area contributed by atoms with E-state index in [-0.39, 0.29) is 0 Å². The lowest BCUT2D eigenvalue weighted by Gasteiger charge is -2.43.